The molecule has 0 aliphatic carbocycles. The van der Waals surface area contributed by atoms with E-state index >= 15 is 0 Å². The quantitative estimate of drug-likeness (QED) is 0.779. The SMILES string of the molecule is COCC(CCBr)NC(=O)c1c(F)cccc1OC. The summed E-state index contributed by atoms with van der Waals surface area (Å²) in [6, 6.07) is 4.10. The maximum atomic E-state index is 13.7. The van der Waals surface area contributed by atoms with Gasteiger partial charge in [-0.1, -0.05) is 22.0 Å². The molecular weight excluding hydrogens is 317 g/mol. The second kappa shape index (κ2) is 8.12. The summed E-state index contributed by atoms with van der Waals surface area (Å²) in [7, 11) is 2.95. The molecule has 6 heteroatoms. The Bertz CT molecular complexity index is 422. The zero-order valence-electron chi connectivity index (χ0n) is 10.9. The lowest BCUT2D eigenvalue weighted by atomic mass is 10.1. The van der Waals surface area contributed by atoms with Crippen molar-refractivity contribution < 1.29 is 18.7 Å². The van der Waals surface area contributed by atoms with Gasteiger partial charge in [0.25, 0.3) is 5.91 Å². The molecule has 106 valence electrons. The van der Waals surface area contributed by atoms with E-state index in [2.05, 4.69) is 21.2 Å². The minimum absolute atomic E-state index is 0.0827. The molecular formula is C13H17BrFNO3. The lowest BCUT2D eigenvalue weighted by molar-refractivity contribution is 0.0888. The molecule has 4 nitrogen and oxygen atoms in total. The maximum absolute atomic E-state index is 13.7. The van der Waals surface area contributed by atoms with Crippen molar-refractivity contribution >= 4 is 21.8 Å². The van der Waals surface area contributed by atoms with Gasteiger partial charge in [0, 0.05) is 12.4 Å². The van der Waals surface area contributed by atoms with Gasteiger partial charge in [-0.3, -0.25) is 4.79 Å². The predicted octanol–water partition coefficient (Wildman–Crippen LogP) is 2.36. The zero-order valence-corrected chi connectivity index (χ0v) is 12.5. The lowest BCUT2D eigenvalue weighted by Gasteiger charge is -2.18. The smallest absolute Gasteiger partial charge is 0.258 e. The fourth-order valence-corrected chi connectivity index (χ4v) is 2.24. The van der Waals surface area contributed by atoms with Crippen LogP contribution in [0.3, 0.4) is 0 Å². The van der Waals surface area contributed by atoms with Crippen LogP contribution < -0.4 is 10.1 Å². The predicted molar refractivity (Wildman–Crippen MR) is 74.5 cm³/mol. The normalized spacial score (nSPS) is 12.0. The number of hydrogen-bond acceptors (Lipinski definition) is 3. The molecule has 0 heterocycles. The molecule has 0 bridgehead atoms. The summed E-state index contributed by atoms with van der Waals surface area (Å²) in [5.74, 6) is -0.891. The third kappa shape index (κ3) is 4.47. The van der Waals surface area contributed by atoms with E-state index in [1.807, 2.05) is 0 Å². The molecule has 1 unspecified atom stereocenters. The topological polar surface area (TPSA) is 47.6 Å². The van der Waals surface area contributed by atoms with Crippen LogP contribution in [0.4, 0.5) is 4.39 Å². The van der Waals surface area contributed by atoms with Crippen molar-refractivity contribution in [2.45, 2.75) is 12.5 Å². The van der Waals surface area contributed by atoms with E-state index < -0.39 is 11.7 Å². The van der Waals surface area contributed by atoms with Gasteiger partial charge in [0.15, 0.2) is 0 Å². The summed E-state index contributed by atoms with van der Waals surface area (Å²) in [6.07, 6.45) is 0.691. The number of rotatable bonds is 7. The fourth-order valence-electron chi connectivity index (χ4n) is 1.68. The number of hydrogen-bond donors (Lipinski definition) is 1. The number of alkyl halides is 1. The highest BCUT2D eigenvalue weighted by atomic mass is 79.9. The molecule has 0 saturated heterocycles. The molecule has 1 atom stereocenters. The van der Waals surface area contributed by atoms with Crippen molar-refractivity contribution in [1.82, 2.24) is 5.32 Å². The van der Waals surface area contributed by atoms with Crippen LogP contribution in [0.25, 0.3) is 0 Å². The molecule has 1 aromatic carbocycles. The standard InChI is InChI=1S/C13H17BrFNO3/c1-18-8-9(6-7-14)16-13(17)12-10(15)4-3-5-11(12)19-2/h3-5,9H,6-8H2,1-2H3,(H,16,17). The van der Waals surface area contributed by atoms with Crippen molar-refractivity contribution in [3.63, 3.8) is 0 Å². The first-order chi connectivity index (χ1) is 9.13. The largest absolute Gasteiger partial charge is 0.496 e. The van der Waals surface area contributed by atoms with Crippen LogP contribution >= 0.6 is 15.9 Å². The average molecular weight is 334 g/mol. The molecule has 0 saturated carbocycles. The summed E-state index contributed by atoms with van der Waals surface area (Å²) in [4.78, 5) is 12.1. The van der Waals surface area contributed by atoms with Gasteiger partial charge in [0.2, 0.25) is 0 Å². The Balaban J connectivity index is 2.87. The molecule has 0 aliphatic rings. The van der Waals surface area contributed by atoms with E-state index in [9.17, 15) is 9.18 Å². The van der Waals surface area contributed by atoms with Gasteiger partial charge in [-0.2, -0.15) is 0 Å². The van der Waals surface area contributed by atoms with Gasteiger partial charge in [-0.15, -0.1) is 0 Å². The van der Waals surface area contributed by atoms with E-state index in [1.165, 1.54) is 19.2 Å². The summed E-state index contributed by atoms with van der Waals surface area (Å²) in [5.41, 5.74) is -0.0827. The molecule has 0 radical (unpaired) electrons. The van der Waals surface area contributed by atoms with Crippen LogP contribution in [0.1, 0.15) is 16.8 Å². The number of ether oxygens (including phenoxy) is 2. The molecule has 1 rings (SSSR count). The molecule has 0 aromatic heterocycles. The highest BCUT2D eigenvalue weighted by Crippen LogP contribution is 2.21. The number of benzene rings is 1. The van der Waals surface area contributed by atoms with Gasteiger partial charge < -0.3 is 14.8 Å². The minimum Gasteiger partial charge on any atom is -0.496 e. The third-order valence-electron chi connectivity index (χ3n) is 2.58. The monoisotopic (exact) mass is 333 g/mol. The molecule has 19 heavy (non-hydrogen) atoms. The summed E-state index contributed by atoms with van der Waals surface area (Å²) in [5, 5.41) is 3.45. The fraction of sp³-hybridized carbons (Fsp3) is 0.462. The van der Waals surface area contributed by atoms with Crippen molar-refractivity contribution in [2.24, 2.45) is 0 Å². The Morgan fingerprint density at radius 2 is 2.21 bits per heavy atom. The second-order valence-corrected chi connectivity index (χ2v) is 4.71. The molecule has 1 aromatic rings. The van der Waals surface area contributed by atoms with Gasteiger partial charge in [-0.05, 0) is 18.6 Å². The lowest BCUT2D eigenvalue weighted by Crippen LogP contribution is -2.38. The number of amides is 1. The van der Waals surface area contributed by atoms with Crippen LogP contribution in [0, 0.1) is 5.82 Å². The van der Waals surface area contributed by atoms with Crippen molar-refractivity contribution in [3.8, 4) is 5.75 Å². The van der Waals surface area contributed by atoms with E-state index in [0.29, 0.717) is 13.0 Å². The van der Waals surface area contributed by atoms with E-state index in [4.69, 9.17) is 9.47 Å². The Hall–Kier alpha value is -1.14. The zero-order chi connectivity index (χ0) is 14.3. The Morgan fingerprint density at radius 1 is 1.47 bits per heavy atom. The third-order valence-corrected chi connectivity index (χ3v) is 3.04. The van der Waals surface area contributed by atoms with Crippen LogP contribution in [0.5, 0.6) is 5.75 Å². The van der Waals surface area contributed by atoms with E-state index in [-0.39, 0.29) is 17.4 Å². The van der Waals surface area contributed by atoms with Gasteiger partial charge in [-0.25, -0.2) is 4.39 Å². The van der Waals surface area contributed by atoms with Crippen molar-refractivity contribution in [1.29, 1.82) is 0 Å². The second-order valence-electron chi connectivity index (χ2n) is 3.92. The first-order valence-electron chi connectivity index (χ1n) is 5.82. The van der Waals surface area contributed by atoms with Crippen molar-refractivity contribution in [3.05, 3.63) is 29.6 Å². The molecule has 0 spiro atoms. The maximum Gasteiger partial charge on any atom is 0.258 e. The molecule has 1 amide bonds. The van der Waals surface area contributed by atoms with E-state index in [1.54, 1.807) is 13.2 Å². The minimum atomic E-state index is -0.605. The number of halogens is 2. The molecule has 0 aliphatic heterocycles. The summed E-state index contributed by atoms with van der Waals surface area (Å²) in [6.45, 7) is 0.369. The first-order valence-corrected chi connectivity index (χ1v) is 6.94. The Kier molecular flexibility index (Phi) is 6.80. The molecule has 1 N–H and O–H groups in total. The number of methoxy groups -OCH3 is 2. The highest BCUT2D eigenvalue weighted by Gasteiger charge is 2.20. The Labute approximate surface area is 120 Å². The highest BCUT2D eigenvalue weighted by molar-refractivity contribution is 9.09. The van der Waals surface area contributed by atoms with Crippen molar-refractivity contribution in [2.75, 3.05) is 26.2 Å². The first kappa shape index (κ1) is 15.9. The van der Waals surface area contributed by atoms with Gasteiger partial charge in [0.05, 0.1) is 19.8 Å². The number of nitrogens with one attached hydrogen (secondary N) is 1. The van der Waals surface area contributed by atoms with Crippen LogP contribution in [-0.2, 0) is 4.74 Å². The van der Waals surface area contributed by atoms with E-state index in [0.717, 1.165) is 5.33 Å². The van der Waals surface area contributed by atoms with Gasteiger partial charge >= 0.3 is 0 Å². The van der Waals surface area contributed by atoms with Gasteiger partial charge in [0.1, 0.15) is 17.1 Å². The Morgan fingerprint density at radius 3 is 2.79 bits per heavy atom. The average Bonchev–Trinajstić information content (AvgIpc) is 2.38. The summed E-state index contributed by atoms with van der Waals surface area (Å²) < 4.78 is 23.8. The van der Waals surface area contributed by atoms with Crippen LogP contribution in [0.15, 0.2) is 18.2 Å². The number of carbonyl (C=O) groups is 1. The molecule has 0 fully saturated rings. The number of carbonyl (C=O) groups excluding carboxylic acids is 1. The van der Waals surface area contributed by atoms with Crippen LogP contribution in [-0.4, -0.2) is 38.1 Å². The van der Waals surface area contributed by atoms with Crippen LogP contribution in [0.2, 0.25) is 0 Å². The summed E-state index contributed by atoms with van der Waals surface area (Å²) >= 11 is 3.30.